The molecule has 0 fully saturated rings. The number of rotatable bonds is 7. The van der Waals surface area contributed by atoms with Crippen LogP contribution in [0.2, 0.25) is 0 Å². The maximum atomic E-state index is 13.0. The smallest absolute Gasteiger partial charge is 0.271 e. The van der Waals surface area contributed by atoms with E-state index in [1.165, 1.54) is 34.2 Å². The zero-order valence-electron chi connectivity index (χ0n) is 14.0. The van der Waals surface area contributed by atoms with Crippen molar-refractivity contribution < 1.29 is 18.1 Å². The van der Waals surface area contributed by atoms with Gasteiger partial charge in [-0.1, -0.05) is 18.2 Å². The molecule has 2 aromatic heterocycles. The fraction of sp³-hybridized carbons (Fsp3) is 0.235. The number of nitro groups is 1. The van der Waals surface area contributed by atoms with Gasteiger partial charge in [-0.2, -0.15) is 29.6 Å². The van der Waals surface area contributed by atoms with Crippen LogP contribution in [-0.4, -0.2) is 32.3 Å². The predicted molar refractivity (Wildman–Crippen MR) is 95.1 cm³/mol. The molecule has 0 atom stereocenters. The van der Waals surface area contributed by atoms with Gasteiger partial charge in [-0.3, -0.25) is 19.7 Å². The van der Waals surface area contributed by atoms with Crippen LogP contribution in [0, 0.1) is 10.1 Å². The Morgan fingerprint density at radius 1 is 1.22 bits per heavy atom. The summed E-state index contributed by atoms with van der Waals surface area (Å²) in [6, 6.07) is 9.38. The quantitative estimate of drug-likeness (QED) is 0.434. The highest BCUT2D eigenvalue weighted by Crippen LogP contribution is 2.24. The number of hydrogen-bond donors (Lipinski definition) is 0. The van der Waals surface area contributed by atoms with Gasteiger partial charge in [-0.25, -0.2) is 0 Å². The van der Waals surface area contributed by atoms with Crippen molar-refractivity contribution in [2.45, 2.75) is 19.4 Å². The lowest BCUT2D eigenvalue weighted by Crippen LogP contribution is -2.35. The molecule has 0 radical (unpaired) electrons. The number of hydrogen-bond acceptors (Lipinski definition) is 5. The van der Waals surface area contributed by atoms with E-state index >= 15 is 0 Å². The van der Waals surface area contributed by atoms with Gasteiger partial charge in [0.1, 0.15) is 0 Å². The molecule has 0 bridgehead atoms. The van der Waals surface area contributed by atoms with Crippen molar-refractivity contribution in [2.24, 2.45) is 0 Å². The maximum Gasteiger partial charge on any atom is 0.401 e. The van der Waals surface area contributed by atoms with Crippen LogP contribution < -0.4 is 0 Å². The molecule has 0 unspecified atom stereocenters. The lowest BCUT2D eigenvalue weighted by atomic mass is 10.1. The lowest BCUT2D eigenvalue weighted by Gasteiger charge is -2.23. The molecule has 0 spiro atoms. The van der Waals surface area contributed by atoms with Crippen LogP contribution in [0.3, 0.4) is 0 Å². The molecule has 3 aromatic rings. The second kappa shape index (κ2) is 7.89. The van der Waals surface area contributed by atoms with E-state index in [0.717, 1.165) is 10.5 Å². The third-order valence-corrected chi connectivity index (χ3v) is 4.47. The Morgan fingerprint density at radius 2 is 2.00 bits per heavy atom. The molecule has 27 heavy (non-hydrogen) atoms. The van der Waals surface area contributed by atoms with Gasteiger partial charge in [-0.05, 0) is 17.5 Å². The van der Waals surface area contributed by atoms with E-state index < -0.39 is 17.6 Å². The van der Waals surface area contributed by atoms with Crippen LogP contribution in [0.5, 0.6) is 0 Å². The molecule has 0 saturated heterocycles. The molecule has 142 valence electrons. The Hall–Kier alpha value is -2.72. The van der Waals surface area contributed by atoms with Gasteiger partial charge in [0.15, 0.2) is 0 Å². The Labute approximate surface area is 156 Å². The van der Waals surface area contributed by atoms with Gasteiger partial charge in [-0.15, -0.1) is 0 Å². The number of thiophene rings is 1. The number of nitro benzene ring substituents is 1. The van der Waals surface area contributed by atoms with Gasteiger partial charge in [0.05, 0.1) is 23.8 Å². The van der Waals surface area contributed by atoms with Gasteiger partial charge in [0.25, 0.3) is 5.69 Å². The van der Waals surface area contributed by atoms with Crippen molar-refractivity contribution in [2.75, 3.05) is 6.54 Å². The minimum absolute atomic E-state index is 0.143. The summed E-state index contributed by atoms with van der Waals surface area (Å²) < 4.78 is 40.4. The van der Waals surface area contributed by atoms with Gasteiger partial charge < -0.3 is 0 Å². The maximum absolute atomic E-state index is 13.0. The summed E-state index contributed by atoms with van der Waals surface area (Å²) in [5, 5.41) is 19.2. The molecule has 6 nitrogen and oxygen atoms in total. The second-order valence-corrected chi connectivity index (χ2v) is 6.66. The van der Waals surface area contributed by atoms with E-state index in [1.807, 2.05) is 16.8 Å². The van der Waals surface area contributed by atoms with Crippen LogP contribution in [0.25, 0.3) is 11.3 Å². The van der Waals surface area contributed by atoms with Gasteiger partial charge in [0.2, 0.25) is 0 Å². The number of benzene rings is 1. The fourth-order valence-electron chi connectivity index (χ4n) is 2.68. The van der Waals surface area contributed by atoms with Crippen molar-refractivity contribution in [1.82, 2.24) is 14.7 Å². The molecular weight excluding hydrogens is 381 g/mol. The predicted octanol–water partition coefficient (Wildman–Crippen LogP) is 4.54. The molecular formula is C17H15F3N4O2S. The third kappa shape index (κ3) is 5.14. The Bertz CT molecular complexity index is 909. The molecule has 2 heterocycles. The Morgan fingerprint density at radius 3 is 2.67 bits per heavy atom. The molecule has 3 rings (SSSR count). The minimum atomic E-state index is -4.44. The SMILES string of the molecule is O=[N+]([O-])c1ccccc1CN(Cn1ccc(-c2ccsc2)n1)CC(F)(F)F. The molecule has 1 aromatic carbocycles. The molecule has 0 saturated carbocycles. The molecule has 10 heteroatoms. The molecule has 0 aliphatic heterocycles. The first-order valence-electron chi connectivity index (χ1n) is 7.89. The average molecular weight is 396 g/mol. The normalized spacial score (nSPS) is 11.9. The van der Waals surface area contributed by atoms with E-state index in [-0.39, 0.29) is 24.5 Å². The van der Waals surface area contributed by atoms with E-state index in [2.05, 4.69) is 5.10 Å². The summed E-state index contributed by atoms with van der Waals surface area (Å²) in [7, 11) is 0. The van der Waals surface area contributed by atoms with Crippen molar-refractivity contribution in [3.05, 3.63) is 69.0 Å². The standard InChI is InChI=1S/C17H15F3N4O2S/c18-17(19,20)11-22(9-13-3-1-2-4-16(13)24(25)26)12-23-7-5-15(21-23)14-6-8-27-10-14/h1-8,10H,9,11-12H2. The topological polar surface area (TPSA) is 64.2 Å². The van der Waals surface area contributed by atoms with Gasteiger partial charge in [0, 0.05) is 35.3 Å². The zero-order valence-corrected chi connectivity index (χ0v) is 14.8. The first-order valence-corrected chi connectivity index (χ1v) is 8.83. The van der Waals surface area contributed by atoms with Crippen molar-refractivity contribution in [3.63, 3.8) is 0 Å². The molecule has 0 N–H and O–H groups in total. The number of nitrogens with zero attached hydrogens (tertiary/aromatic N) is 4. The number of halogens is 3. The van der Waals surface area contributed by atoms with Gasteiger partial charge >= 0.3 is 6.18 Å². The largest absolute Gasteiger partial charge is 0.401 e. The summed E-state index contributed by atoms with van der Waals surface area (Å²) >= 11 is 1.50. The molecule has 0 aliphatic carbocycles. The highest BCUT2D eigenvalue weighted by Gasteiger charge is 2.31. The number of aromatic nitrogens is 2. The number of para-hydroxylation sites is 1. The highest BCUT2D eigenvalue weighted by molar-refractivity contribution is 7.08. The summed E-state index contributed by atoms with van der Waals surface area (Å²) in [4.78, 5) is 11.6. The second-order valence-electron chi connectivity index (χ2n) is 5.88. The van der Waals surface area contributed by atoms with E-state index in [4.69, 9.17) is 0 Å². The monoisotopic (exact) mass is 396 g/mol. The van der Waals surface area contributed by atoms with Crippen molar-refractivity contribution in [1.29, 1.82) is 0 Å². The lowest BCUT2D eigenvalue weighted by molar-refractivity contribution is -0.385. The van der Waals surface area contributed by atoms with Crippen molar-refractivity contribution in [3.8, 4) is 11.3 Å². The summed E-state index contributed by atoms with van der Waals surface area (Å²) in [5.41, 5.74) is 1.56. The van der Waals surface area contributed by atoms with Crippen LogP contribution in [0.4, 0.5) is 18.9 Å². The fourth-order valence-corrected chi connectivity index (χ4v) is 3.33. The average Bonchev–Trinajstić information content (AvgIpc) is 3.24. The Kier molecular flexibility index (Phi) is 5.57. The molecule has 0 amide bonds. The Balaban J connectivity index is 1.81. The zero-order chi connectivity index (χ0) is 19.4. The third-order valence-electron chi connectivity index (χ3n) is 3.79. The molecule has 0 aliphatic rings. The van der Waals surface area contributed by atoms with Crippen LogP contribution in [0.15, 0.2) is 53.4 Å². The van der Waals surface area contributed by atoms with E-state index in [0.29, 0.717) is 5.69 Å². The highest BCUT2D eigenvalue weighted by atomic mass is 32.1. The van der Waals surface area contributed by atoms with Crippen LogP contribution in [0.1, 0.15) is 5.56 Å². The summed E-state index contributed by atoms with van der Waals surface area (Å²) in [6.45, 7) is -1.56. The summed E-state index contributed by atoms with van der Waals surface area (Å²) in [6.07, 6.45) is -2.84. The first kappa shape index (κ1) is 19.1. The number of alkyl halides is 3. The van der Waals surface area contributed by atoms with Crippen LogP contribution in [-0.2, 0) is 13.2 Å². The van der Waals surface area contributed by atoms with E-state index in [9.17, 15) is 23.3 Å². The van der Waals surface area contributed by atoms with E-state index in [1.54, 1.807) is 18.3 Å². The van der Waals surface area contributed by atoms with Crippen LogP contribution >= 0.6 is 11.3 Å². The minimum Gasteiger partial charge on any atom is -0.271 e. The summed E-state index contributed by atoms with van der Waals surface area (Å²) in [5.74, 6) is 0. The first-order chi connectivity index (χ1) is 12.8. The van der Waals surface area contributed by atoms with Crippen molar-refractivity contribution >= 4 is 17.0 Å².